The van der Waals surface area contributed by atoms with Gasteiger partial charge in [0.05, 0.1) is 11.9 Å². The van der Waals surface area contributed by atoms with E-state index in [1.54, 1.807) is 0 Å². The number of H-pyrrole nitrogens is 1. The molecule has 0 bridgehead atoms. The van der Waals surface area contributed by atoms with E-state index in [9.17, 15) is 18.0 Å². The molecule has 0 fully saturated rings. The molecule has 19 heavy (non-hydrogen) atoms. The van der Waals surface area contributed by atoms with Gasteiger partial charge in [-0.25, -0.2) is 9.97 Å². The molecule has 0 radical (unpaired) electrons. The number of pyridine rings is 1. The van der Waals surface area contributed by atoms with E-state index in [1.165, 1.54) is 12.4 Å². The number of halogens is 4. The number of nitrogens with zero attached hydrogens (tertiary/aromatic N) is 2. The van der Waals surface area contributed by atoms with Crippen LogP contribution in [0.15, 0.2) is 39.5 Å². The maximum Gasteiger partial charge on any atom is 0.417 e. The highest BCUT2D eigenvalue weighted by molar-refractivity contribution is 14.1. The number of nitrogens with one attached hydrogen (secondary N) is 1. The zero-order valence-corrected chi connectivity index (χ0v) is 12.0. The minimum absolute atomic E-state index is 0.301. The molecule has 0 atom stereocenters. The molecule has 0 aliphatic rings. The van der Waals surface area contributed by atoms with Gasteiger partial charge in [-0.3, -0.25) is 4.79 Å². The third kappa shape index (κ3) is 3.47. The van der Waals surface area contributed by atoms with Crippen molar-refractivity contribution >= 4 is 34.4 Å². The van der Waals surface area contributed by atoms with Crippen molar-refractivity contribution in [2.75, 3.05) is 0 Å². The van der Waals surface area contributed by atoms with E-state index in [0.717, 1.165) is 24.0 Å². The lowest BCUT2D eigenvalue weighted by atomic mass is 10.3. The molecular formula is C10H5F3IN3OS. The van der Waals surface area contributed by atoms with Crippen LogP contribution in [-0.4, -0.2) is 15.0 Å². The summed E-state index contributed by atoms with van der Waals surface area (Å²) in [5.41, 5.74) is -1.12. The van der Waals surface area contributed by atoms with Crippen LogP contribution in [0.2, 0.25) is 0 Å². The Morgan fingerprint density at radius 2 is 2.00 bits per heavy atom. The van der Waals surface area contributed by atoms with Crippen molar-refractivity contribution in [2.45, 2.75) is 16.2 Å². The summed E-state index contributed by atoms with van der Waals surface area (Å²) in [7, 11) is 0. The Bertz CT molecular complexity index is 642. The van der Waals surface area contributed by atoms with Gasteiger partial charge in [-0.15, -0.1) is 0 Å². The van der Waals surface area contributed by atoms with Gasteiger partial charge >= 0.3 is 6.18 Å². The molecular weight excluding hydrogens is 394 g/mol. The van der Waals surface area contributed by atoms with Crippen molar-refractivity contribution in [3.8, 4) is 0 Å². The predicted molar refractivity (Wildman–Crippen MR) is 70.9 cm³/mol. The lowest BCUT2D eigenvalue weighted by molar-refractivity contribution is -0.137. The maximum absolute atomic E-state index is 12.4. The Labute approximate surface area is 123 Å². The molecule has 2 aromatic heterocycles. The van der Waals surface area contributed by atoms with Crippen LogP contribution in [0.3, 0.4) is 0 Å². The molecule has 0 aliphatic carbocycles. The highest BCUT2D eigenvalue weighted by Gasteiger charge is 2.30. The van der Waals surface area contributed by atoms with E-state index in [-0.39, 0.29) is 5.56 Å². The highest BCUT2D eigenvalue weighted by Crippen LogP contribution is 2.31. The number of aromatic nitrogens is 3. The topological polar surface area (TPSA) is 58.6 Å². The summed E-state index contributed by atoms with van der Waals surface area (Å²) in [5, 5.41) is 0.737. The third-order valence-electron chi connectivity index (χ3n) is 2.03. The summed E-state index contributed by atoms with van der Waals surface area (Å²) in [6.07, 6.45) is -2.42. The second-order valence-corrected chi connectivity index (χ2v) is 5.42. The number of aromatic amines is 1. The Kier molecular flexibility index (Phi) is 4.13. The van der Waals surface area contributed by atoms with Crippen molar-refractivity contribution < 1.29 is 13.2 Å². The number of hydrogen-bond acceptors (Lipinski definition) is 4. The minimum Gasteiger partial charge on any atom is -0.312 e. The summed E-state index contributed by atoms with van der Waals surface area (Å²) in [6.45, 7) is 0. The Balaban J connectivity index is 2.25. The summed E-state index contributed by atoms with van der Waals surface area (Å²) in [4.78, 5) is 21.4. The third-order valence-corrected chi connectivity index (χ3v) is 4.35. The maximum atomic E-state index is 12.4. The summed E-state index contributed by atoms with van der Waals surface area (Å²) in [5.74, 6) is 0. The molecule has 2 rings (SSSR count). The zero-order chi connectivity index (χ0) is 14.0. The van der Waals surface area contributed by atoms with Gasteiger partial charge in [0, 0.05) is 6.20 Å². The van der Waals surface area contributed by atoms with Gasteiger partial charge in [0.1, 0.15) is 13.6 Å². The molecule has 100 valence electrons. The van der Waals surface area contributed by atoms with Crippen LogP contribution < -0.4 is 5.56 Å². The highest BCUT2D eigenvalue weighted by atomic mass is 127. The van der Waals surface area contributed by atoms with Crippen molar-refractivity contribution in [2.24, 2.45) is 0 Å². The lowest BCUT2D eigenvalue weighted by Crippen LogP contribution is -2.11. The molecule has 0 spiro atoms. The van der Waals surface area contributed by atoms with Gasteiger partial charge in [-0.05, 0) is 46.5 Å². The predicted octanol–water partition coefficient (Wildman–Crippen LogP) is 2.94. The van der Waals surface area contributed by atoms with Gasteiger partial charge in [0.2, 0.25) is 0 Å². The molecule has 0 saturated heterocycles. The molecule has 0 aliphatic heterocycles. The number of rotatable bonds is 2. The number of hydrogen-bond donors (Lipinski definition) is 1. The van der Waals surface area contributed by atoms with E-state index < -0.39 is 11.7 Å². The van der Waals surface area contributed by atoms with Crippen molar-refractivity contribution in [1.29, 1.82) is 0 Å². The smallest absolute Gasteiger partial charge is 0.312 e. The average Bonchev–Trinajstić information content (AvgIpc) is 2.35. The van der Waals surface area contributed by atoms with E-state index >= 15 is 0 Å². The quantitative estimate of drug-likeness (QED) is 0.624. The van der Waals surface area contributed by atoms with E-state index in [4.69, 9.17) is 0 Å². The SMILES string of the molecule is O=c1[nH]cnc(Sc2ccc(C(F)(F)F)cn2)c1I. The minimum atomic E-state index is -4.41. The monoisotopic (exact) mass is 399 g/mol. The van der Waals surface area contributed by atoms with E-state index in [1.807, 2.05) is 22.6 Å². The molecule has 4 nitrogen and oxygen atoms in total. The Morgan fingerprint density at radius 1 is 1.26 bits per heavy atom. The van der Waals surface area contributed by atoms with Gasteiger partial charge in [-0.1, -0.05) is 0 Å². The van der Waals surface area contributed by atoms with Crippen molar-refractivity contribution in [1.82, 2.24) is 15.0 Å². The van der Waals surface area contributed by atoms with Gasteiger partial charge in [0.25, 0.3) is 5.56 Å². The second-order valence-electron chi connectivity index (χ2n) is 3.34. The molecule has 0 saturated carbocycles. The Hall–Kier alpha value is -1.10. The summed E-state index contributed by atoms with van der Waals surface area (Å²) >= 11 is 2.85. The summed E-state index contributed by atoms with van der Waals surface area (Å²) < 4.78 is 37.4. The fourth-order valence-corrected chi connectivity index (χ4v) is 2.50. The first-order valence-electron chi connectivity index (χ1n) is 4.82. The van der Waals surface area contributed by atoms with E-state index in [0.29, 0.717) is 13.6 Å². The zero-order valence-electron chi connectivity index (χ0n) is 9.03. The van der Waals surface area contributed by atoms with Crippen molar-refractivity contribution in [3.63, 3.8) is 0 Å². The first kappa shape index (κ1) is 14.3. The molecule has 2 aromatic rings. The van der Waals surface area contributed by atoms with Crippen LogP contribution in [0.4, 0.5) is 13.2 Å². The van der Waals surface area contributed by atoms with E-state index in [2.05, 4.69) is 15.0 Å². The fraction of sp³-hybridized carbons (Fsp3) is 0.100. The van der Waals surface area contributed by atoms with Crippen LogP contribution in [0.25, 0.3) is 0 Å². The molecule has 0 unspecified atom stereocenters. The van der Waals surface area contributed by atoms with Crippen LogP contribution in [-0.2, 0) is 6.18 Å². The normalized spacial score (nSPS) is 11.6. The van der Waals surface area contributed by atoms with Crippen LogP contribution in [0.5, 0.6) is 0 Å². The van der Waals surface area contributed by atoms with Crippen LogP contribution >= 0.6 is 34.4 Å². The average molecular weight is 399 g/mol. The van der Waals surface area contributed by atoms with Gasteiger partial charge in [0.15, 0.2) is 0 Å². The molecule has 1 N–H and O–H groups in total. The largest absolute Gasteiger partial charge is 0.417 e. The van der Waals surface area contributed by atoms with Gasteiger partial charge < -0.3 is 4.98 Å². The molecule has 9 heteroatoms. The number of alkyl halides is 3. The molecule has 2 heterocycles. The first-order chi connectivity index (χ1) is 8.88. The standard InChI is InChI=1S/C10H5F3IN3OS/c11-10(12,13)5-1-2-6(15-3-5)19-9-7(14)8(18)16-4-17-9/h1-4H,(H,16,17,18). The molecule has 0 aromatic carbocycles. The lowest BCUT2D eigenvalue weighted by Gasteiger charge is -2.06. The van der Waals surface area contributed by atoms with Crippen LogP contribution in [0.1, 0.15) is 5.56 Å². The second kappa shape index (κ2) is 5.49. The Morgan fingerprint density at radius 3 is 2.58 bits per heavy atom. The summed E-state index contributed by atoms with van der Waals surface area (Å²) in [6, 6.07) is 2.18. The fourth-order valence-electron chi connectivity index (χ4n) is 1.15. The first-order valence-corrected chi connectivity index (χ1v) is 6.72. The van der Waals surface area contributed by atoms with Crippen molar-refractivity contribution in [3.05, 3.63) is 44.1 Å². The molecule has 0 amide bonds. The van der Waals surface area contributed by atoms with Crippen LogP contribution in [0, 0.1) is 3.57 Å². The van der Waals surface area contributed by atoms with Gasteiger partial charge in [-0.2, -0.15) is 13.2 Å².